The summed E-state index contributed by atoms with van der Waals surface area (Å²) in [4.78, 5) is 11.9. The quantitative estimate of drug-likeness (QED) is 0.914. The van der Waals surface area contributed by atoms with Crippen LogP contribution >= 0.6 is 11.3 Å². The molecule has 1 atom stereocenters. The van der Waals surface area contributed by atoms with E-state index in [-0.39, 0.29) is 18.3 Å². The van der Waals surface area contributed by atoms with Gasteiger partial charge in [0.2, 0.25) is 5.13 Å². The standard InChI is InChI=1S/C14H14FN3O3S/c15-9-3-5-10(6-4-9)21-8-12-17-18-14(22-12)16-13(19)11-2-1-7-20-11/h3-6,11H,1-2,7-8H2,(H,16,18,19). The fraction of sp³-hybridized carbons (Fsp3) is 0.357. The maximum atomic E-state index is 12.8. The van der Waals surface area contributed by atoms with Crippen molar-refractivity contribution < 1.29 is 18.7 Å². The van der Waals surface area contributed by atoms with Gasteiger partial charge in [-0.1, -0.05) is 11.3 Å². The first-order chi connectivity index (χ1) is 10.7. The normalized spacial score (nSPS) is 17.4. The highest BCUT2D eigenvalue weighted by atomic mass is 32.1. The molecule has 1 aromatic heterocycles. The van der Waals surface area contributed by atoms with Crippen molar-refractivity contribution >= 4 is 22.4 Å². The second-order valence-corrected chi connectivity index (χ2v) is 5.80. The predicted octanol–water partition coefficient (Wildman–Crippen LogP) is 2.37. The van der Waals surface area contributed by atoms with Gasteiger partial charge in [0.25, 0.3) is 5.91 Å². The first-order valence-electron chi connectivity index (χ1n) is 6.84. The zero-order valence-electron chi connectivity index (χ0n) is 11.6. The molecule has 1 N–H and O–H groups in total. The zero-order valence-corrected chi connectivity index (χ0v) is 12.4. The summed E-state index contributed by atoms with van der Waals surface area (Å²) < 4.78 is 23.5. The SMILES string of the molecule is O=C(Nc1nnc(COc2ccc(F)cc2)s1)C1CCCO1. The van der Waals surface area contributed by atoms with Crippen molar-refractivity contribution in [1.82, 2.24) is 10.2 Å². The highest BCUT2D eigenvalue weighted by Gasteiger charge is 2.24. The summed E-state index contributed by atoms with van der Waals surface area (Å²) in [6.45, 7) is 0.823. The Morgan fingerprint density at radius 3 is 2.95 bits per heavy atom. The lowest BCUT2D eigenvalue weighted by molar-refractivity contribution is -0.124. The van der Waals surface area contributed by atoms with Gasteiger partial charge < -0.3 is 9.47 Å². The molecule has 1 aliphatic heterocycles. The Labute approximate surface area is 130 Å². The van der Waals surface area contributed by atoms with Crippen LogP contribution in [0.1, 0.15) is 17.8 Å². The van der Waals surface area contributed by atoms with Crippen molar-refractivity contribution in [2.24, 2.45) is 0 Å². The molecule has 6 nitrogen and oxygen atoms in total. The van der Waals surface area contributed by atoms with Gasteiger partial charge in [-0.25, -0.2) is 4.39 Å². The van der Waals surface area contributed by atoms with E-state index >= 15 is 0 Å². The summed E-state index contributed by atoms with van der Waals surface area (Å²) in [7, 11) is 0. The number of halogens is 1. The number of hydrogen-bond donors (Lipinski definition) is 1. The molecule has 1 fully saturated rings. The molecule has 0 aliphatic carbocycles. The lowest BCUT2D eigenvalue weighted by atomic mass is 10.2. The van der Waals surface area contributed by atoms with Gasteiger partial charge in [0.15, 0.2) is 5.01 Å². The van der Waals surface area contributed by atoms with Gasteiger partial charge in [0.1, 0.15) is 24.3 Å². The third kappa shape index (κ3) is 3.77. The number of benzene rings is 1. The zero-order chi connectivity index (χ0) is 15.4. The van der Waals surface area contributed by atoms with Crippen LogP contribution in [0.4, 0.5) is 9.52 Å². The lowest BCUT2D eigenvalue weighted by Gasteiger charge is -2.07. The van der Waals surface area contributed by atoms with Gasteiger partial charge in [-0.05, 0) is 37.1 Å². The molecule has 22 heavy (non-hydrogen) atoms. The minimum Gasteiger partial charge on any atom is -0.486 e. The highest BCUT2D eigenvalue weighted by Crippen LogP contribution is 2.20. The van der Waals surface area contributed by atoms with E-state index in [2.05, 4.69) is 15.5 Å². The van der Waals surface area contributed by atoms with Crippen LogP contribution in [0.25, 0.3) is 0 Å². The Bertz CT molecular complexity index is 641. The highest BCUT2D eigenvalue weighted by molar-refractivity contribution is 7.15. The molecule has 3 rings (SSSR count). The molecule has 1 aliphatic rings. The summed E-state index contributed by atoms with van der Waals surface area (Å²) in [5, 5.41) is 11.6. The third-order valence-corrected chi connectivity index (χ3v) is 3.91. The van der Waals surface area contributed by atoms with Crippen LogP contribution in [-0.4, -0.2) is 28.8 Å². The average Bonchev–Trinajstić information content (AvgIpc) is 3.18. The maximum Gasteiger partial charge on any atom is 0.255 e. The predicted molar refractivity (Wildman–Crippen MR) is 78.2 cm³/mol. The lowest BCUT2D eigenvalue weighted by Crippen LogP contribution is -2.26. The summed E-state index contributed by atoms with van der Waals surface area (Å²) in [6.07, 6.45) is 1.22. The molecule has 0 bridgehead atoms. The van der Waals surface area contributed by atoms with Gasteiger partial charge in [-0.15, -0.1) is 10.2 Å². The molecule has 1 saturated heterocycles. The Hall–Kier alpha value is -2.06. The summed E-state index contributed by atoms with van der Waals surface area (Å²) in [6, 6.07) is 5.72. The number of nitrogens with one attached hydrogen (secondary N) is 1. The summed E-state index contributed by atoms with van der Waals surface area (Å²) >= 11 is 1.23. The van der Waals surface area contributed by atoms with Crippen molar-refractivity contribution in [2.75, 3.05) is 11.9 Å². The Morgan fingerprint density at radius 2 is 2.23 bits per heavy atom. The Morgan fingerprint density at radius 1 is 1.41 bits per heavy atom. The van der Waals surface area contributed by atoms with E-state index in [1.54, 1.807) is 0 Å². The number of carbonyl (C=O) groups is 1. The van der Waals surface area contributed by atoms with E-state index in [9.17, 15) is 9.18 Å². The average molecular weight is 323 g/mol. The number of aromatic nitrogens is 2. The van der Waals surface area contributed by atoms with Gasteiger partial charge in [-0.2, -0.15) is 0 Å². The number of rotatable bonds is 5. The summed E-state index contributed by atoms with van der Waals surface area (Å²) in [5.74, 6) is 0.0311. The minimum absolute atomic E-state index is 0.195. The van der Waals surface area contributed by atoms with E-state index < -0.39 is 6.10 Å². The molecule has 1 amide bonds. The second-order valence-electron chi connectivity index (χ2n) is 4.73. The molecule has 116 valence electrons. The van der Waals surface area contributed by atoms with Gasteiger partial charge >= 0.3 is 0 Å². The van der Waals surface area contributed by atoms with Gasteiger partial charge in [-0.3, -0.25) is 10.1 Å². The molecule has 2 heterocycles. The maximum absolute atomic E-state index is 12.8. The number of carbonyl (C=O) groups excluding carboxylic acids is 1. The first kappa shape index (κ1) is 14.9. The van der Waals surface area contributed by atoms with Crippen LogP contribution < -0.4 is 10.1 Å². The topological polar surface area (TPSA) is 73.3 Å². The van der Waals surface area contributed by atoms with E-state index in [1.165, 1.54) is 35.6 Å². The van der Waals surface area contributed by atoms with Crippen molar-refractivity contribution in [3.8, 4) is 5.75 Å². The number of anilines is 1. The van der Waals surface area contributed by atoms with Gasteiger partial charge in [0, 0.05) is 6.61 Å². The van der Waals surface area contributed by atoms with E-state index in [0.29, 0.717) is 22.5 Å². The fourth-order valence-electron chi connectivity index (χ4n) is 2.01. The molecule has 0 spiro atoms. The van der Waals surface area contributed by atoms with Crippen molar-refractivity contribution in [3.63, 3.8) is 0 Å². The van der Waals surface area contributed by atoms with Crippen LogP contribution in [-0.2, 0) is 16.1 Å². The molecule has 8 heteroatoms. The smallest absolute Gasteiger partial charge is 0.255 e. The number of amides is 1. The number of ether oxygens (including phenoxy) is 2. The molecule has 1 aromatic carbocycles. The van der Waals surface area contributed by atoms with Crippen molar-refractivity contribution in [1.29, 1.82) is 0 Å². The largest absolute Gasteiger partial charge is 0.486 e. The Balaban J connectivity index is 1.52. The van der Waals surface area contributed by atoms with E-state index in [4.69, 9.17) is 9.47 Å². The molecular weight excluding hydrogens is 309 g/mol. The minimum atomic E-state index is -0.400. The van der Waals surface area contributed by atoms with Crippen LogP contribution in [0.2, 0.25) is 0 Å². The second kappa shape index (κ2) is 6.80. The number of hydrogen-bond acceptors (Lipinski definition) is 6. The Kier molecular flexibility index (Phi) is 4.59. The molecule has 1 unspecified atom stereocenters. The monoisotopic (exact) mass is 323 g/mol. The fourth-order valence-corrected chi connectivity index (χ4v) is 2.66. The molecule has 2 aromatic rings. The third-order valence-electron chi connectivity index (χ3n) is 3.10. The van der Waals surface area contributed by atoms with Crippen molar-refractivity contribution in [3.05, 3.63) is 35.1 Å². The van der Waals surface area contributed by atoms with Crippen LogP contribution in [0.3, 0.4) is 0 Å². The van der Waals surface area contributed by atoms with Crippen LogP contribution in [0.5, 0.6) is 5.75 Å². The molecule has 0 radical (unpaired) electrons. The van der Waals surface area contributed by atoms with Crippen LogP contribution in [0.15, 0.2) is 24.3 Å². The summed E-state index contributed by atoms with van der Waals surface area (Å²) in [5.41, 5.74) is 0. The van der Waals surface area contributed by atoms with Crippen molar-refractivity contribution in [2.45, 2.75) is 25.6 Å². The van der Waals surface area contributed by atoms with E-state index in [0.717, 1.165) is 12.8 Å². The van der Waals surface area contributed by atoms with E-state index in [1.807, 2.05) is 0 Å². The molecular formula is C14H14FN3O3S. The van der Waals surface area contributed by atoms with Crippen LogP contribution in [0, 0.1) is 5.82 Å². The van der Waals surface area contributed by atoms with Gasteiger partial charge in [0.05, 0.1) is 0 Å². The number of nitrogens with zero attached hydrogens (tertiary/aromatic N) is 2. The molecule has 0 saturated carbocycles. The first-order valence-corrected chi connectivity index (χ1v) is 7.65.